The Hall–Kier alpha value is -1.43. The molecule has 2 aliphatic rings. The number of nitrogens with zero attached hydrogens (tertiary/aromatic N) is 2. The standard InChI is InChI=1S/C11H16N2O4/c14-9-3-4-10(15)13(9)7-6-12-5-1-2-8(12)11(16)17/h8H,1-7H2,(H,16,17). The van der Waals surface area contributed by atoms with Gasteiger partial charge in [0.15, 0.2) is 0 Å². The number of hydrogen-bond acceptors (Lipinski definition) is 4. The van der Waals surface area contributed by atoms with Crippen LogP contribution in [0.3, 0.4) is 0 Å². The molecule has 0 bridgehead atoms. The van der Waals surface area contributed by atoms with Gasteiger partial charge in [-0.2, -0.15) is 0 Å². The molecule has 2 fully saturated rings. The fraction of sp³-hybridized carbons (Fsp3) is 0.727. The summed E-state index contributed by atoms with van der Waals surface area (Å²) in [5, 5.41) is 8.99. The lowest BCUT2D eigenvalue weighted by atomic mass is 10.2. The van der Waals surface area contributed by atoms with Crippen LogP contribution in [0.25, 0.3) is 0 Å². The molecular weight excluding hydrogens is 224 g/mol. The Bertz CT molecular complexity index is 339. The predicted molar refractivity (Wildman–Crippen MR) is 58.2 cm³/mol. The lowest BCUT2D eigenvalue weighted by Crippen LogP contribution is -2.42. The lowest BCUT2D eigenvalue weighted by molar-refractivity contribution is -0.142. The first-order chi connectivity index (χ1) is 8.09. The largest absolute Gasteiger partial charge is 0.480 e. The number of carbonyl (C=O) groups is 3. The quantitative estimate of drug-likeness (QED) is 0.682. The minimum absolute atomic E-state index is 0.138. The molecule has 17 heavy (non-hydrogen) atoms. The summed E-state index contributed by atoms with van der Waals surface area (Å²) in [5.74, 6) is -1.09. The Morgan fingerprint density at radius 3 is 2.47 bits per heavy atom. The first-order valence-corrected chi connectivity index (χ1v) is 5.89. The van der Waals surface area contributed by atoms with Gasteiger partial charge >= 0.3 is 5.97 Å². The maximum absolute atomic E-state index is 11.4. The number of carboxylic acids is 1. The van der Waals surface area contributed by atoms with E-state index in [-0.39, 0.29) is 11.8 Å². The number of likely N-dealkylation sites (tertiary alicyclic amines) is 2. The van der Waals surface area contributed by atoms with Crippen LogP contribution in [-0.2, 0) is 14.4 Å². The molecule has 6 nitrogen and oxygen atoms in total. The predicted octanol–water partition coefficient (Wildman–Crippen LogP) is -0.316. The van der Waals surface area contributed by atoms with E-state index in [4.69, 9.17) is 5.11 Å². The summed E-state index contributed by atoms with van der Waals surface area (Å²) < 4.78 is 0. The van der Waals surface area contributed by atoms with Crippen molar-refractivity contribution in [2.45, 2.75) is 31.7 Å². The van der Waals surface area contributed by atoms with E-state index in [9.17, 15) is 14.4 Å². The molecule has 6 heteroatoms. The van der Waals surface area contributed by atoms with Gasteiger partial charge in [0.2, 0.25) is 11.8 Å². The van der Waals surface area contributed by atoms with Crippen molar-refractivity contribution in [3.05, 3.63) is 0 Å². The van der Waals surface area contributed by atoms with Crippen LogP contribution < -0.4 is 0 Å². The zero-order valence-corrected chi connectivity index (χ0v) is 9.59. The van der Waals surface area contributed by atoms with Crippen LogP contribution in [0.4, 0.5) is 0 Å². The Morgan fingerprint density at radius 2 is 1.88 bits per heavy atom. The Labute approximate surface area is 99.2 Å². The molecule has 2 heterocycles. The molecule has 0 aromatic carbocycles. The monoisotopic (exact) mass is 240 g/mol. The Balaban J connectivity index is 1.87. The highest BCUT2D eigenvalue weighted by atomic mass is 16.4. The van der Waals surface area contributed by atoms with Gasteiger partial charge < -0.3 is 5.11 Å². The van der Waals surface area contributed by atoms with Gasteiger partial charge in [-0.05, 0) is 19.4 Å². The molecule has 2 rings (SSSR count). The van der Waals surface area contributed by atoms with E-state index in [1.54, 1.807) is 0 Å². The topological polar surface area (TPSA) is 77.9 Å². The second-order valence-corrected chi connectivity index (χ2v) is 4.47. The minimum atomic E-state index is -0.818. The highest BCUT2D eigenvalue weighted by Crippen LogP contribution is 2.18. The SMILES string of the molecule is O=C(O)C1CCCN1CCN1C(=O)CCC1=O. The molecule has 0 spiro atoms. The van der Waals surface area contributed by atoms with Gasteiger partial charge in [-0.1, -0.05) is 0 Å². The van der Waals surface area contributed by atoms with Crippen LogP contribution in [0, 0.1) is 0 Å². The van der Waals surface area contributed by atoms with Crippen LogP contribution in [0.1, 0.15) is 25.7 Å². The van der Waals surface area contributed by atoms with Gasteiger partial charge in [-0.15, -0.1) is 0 Å². The number of hydrogen-bond donors (Lipinski definition) is 1. The lowest BCUT2D eigenvalue weighted by Gasteiger charge is -2.23. The average molecular weight is 240 g/mol. The number of aliphatic carboxylic acids is 1. The molecule has 0 radical (unpaired) electrons. The number of carbonyl (C=O) groups excluding carboxylic acids is 2. The first kappa shape index (κ1) is 12.0. The van der Waals surface area contributed by atoms with Crippen LogP contribution >= 0.6 is 0 Å². The summed E-state index contributed by atoms with van der Waals surface area (Å²) in [6.07, 6.45) is 2.10. The normalized spacial score (nSPS) is 25.9. The molecule has 1 atom stereocenters. The second kappa shape index (κ2) is 4.83. The first-order valence-electron chi connectivity index (χ1n) is 5.89. The summed E-state index contributed by atoms with van der Waals surface area (Å²) in [6, 6.07) is -0.456. The molecule has 0 saturated carbocycles. The van der Waals surface area contributed by atoms with E-state index in [1.807, 2.05) is 4.90 Å². The molecule has 94 valence electrons. The summed E-state index contributed by atoms with van der Waals surface area (Å²) in [7, 11) is 0. The van der Waals surface area contributed by atoms with Crippen molar-refractivity contribution < 1.29 is 19.5 Å². The van der Waals surface area contributed by atoms with Gasteiger partial charge in [-0.3, -0.25) is 24.2 Å². The Morgan fingerprint density at radius 1 is 1.24 bits per heavy atom. The van der Waals surface area contributed by atoms with Crippen LogP contribution in [-0.4, -0.2) is 58.4 Å². The van der Waals surface area contributed by atoms with Gasteiger partial charge in [-0.25, -0.2) is 0 Å². The van der Waals surface area contributed by atoms with Crippen molar-refractivity contribution in [2.75, 3.05) is 19.6 Å². The maximum Gasteiger partial charge on any atom is 0.320 e. The molecule has 2 aliphatic heterocycles. The summed E-state index contributed by atoms with van der Waals surface area (Å²) in [6.45, 7) is 1.52. The minimum Gasteiger partial charge on any atom is -0.480 e. The average Bonchev–Trinajstić information content (AvgIpc) is 2.85. The van der Waals surface area contributed by atoms with Crippen LogP contribution in [0.2, 0.25) is 0 Å². The zero-order valence-electron chi connectivity index (χ0n) is 9.59. The van der Waals surface area contributed by atoms with Crippen molar-refractivity contribution >= 4 is 17.8 Å². The third-order valence-electron chi connectivity index (χ3n) is 3.41. The zero-order chi connectivity index (χ0) is 12.4. The number of imide groups is 1. The van der Waals surface area contributed by atoms with E-state index < -0.39 is 12.0 Å². The number of rotatable bonds is 4. The van der Waals surface area contributed by atoms with Gasteiger partial charge in [0.1, 0.15) is 6.04 Å². The number of amides is 2. The van der Waals surface area contributed by atoms with E-state index in [1.165, 1.54) is 4.90 Å². The fourth-order valence-electron chi connectivity index (χ4n) is 2.47. The van der Waals surface area contributed by atoms with Gasteiger partial charge in [0.05, 0.1) is 0 Å². The molecule has 1 unspecified atom stereocenters. The molecule has 0 aromatic heterocycles. The van der Waals surface area contributed by atoms with Crippen LogP contribution in [0.15, 0.2) is 0 Å². The Kier molecular flexibility index (Phi) is 3.42. The molecule has 1 N–H and O–H groups in total. The van der Waals surface area contributed by atoms with E-state index >= 15 is 0 Å². The second-order valence-electron chi connectivity index (χ2n) is 4.47. The van der Waals surface area contributed by atoms with Crippen molar-refractivity contribution in [2.24, 2.45) is 0 Å². The van der Waals surface area contributed by atoms with Crippen molar-refractivity contribution in [3.8, 4) is 0 Å². The van der Waals surface area contributed by atoms with Gasteiger partial charge in [0, 0.05) is 25.9 Å². The highest BCUT2D eigenvalue weighted by molar-refractivity contribution is 6.01. The molecule has 2 amide bonds. The summed E-state index contributed by atoms with van der Waals surface area (Å²) in [5.41, 5.74) is 0. The molecule has 2 saturated heterocycles. The van der Waals surface area contributed by atoms with E-state index in [0.29, 0.717) is 32.4 Å². The number of carboxylic acid groups (broad SMARTS) is 1. The van der Waals surface area contributed by atoms with E-state index in [2.05, 4.69) is 0 Å². The fourth-order valence-corrected chi connectivity index (χ4v) is 2.47. The van der Waals surface area contributed by atoms with Crippen molar-refractivity contribution in [1.82, 2.24) is 9.80 Å². The van der Waals surface area contributed by atoms with Crippen LogP contribution in [0.5, 0.6) is 0 Å². The maximum atomic E-state index is 11.4. The highest BCUT2D eigenvalue weighted by Gasteiger charge is 2.33. The third kappa shape index (κ3) is 2.46. The molecule has 0 aliphatic carbocycles. The van der Waals surface area contributed by atoms with Crippen molar-refractivity contribution in [3.63, 3.8) is 0 Å². The molecule has 0 aromatic rings. The smallest absolute Gasteiger partial charge is 0.320 e. The third-order valence-corrected chi connectivity index (χ3v) is 3.41. The van der Waals surface area contributed by atoms with Crippen molar-refractivity contribution in [1.29, 1.82) is 0 Å². The summed E-state index contributed by atoms with van der Waals surface area (Å²) in [4.78, 5) is 36.8. The van der Waals surface area contributed by atoms with Gasteiger partial charge in [0.25, 0.3) is 0 Å². The summed E-state index contributed by atoms with van der Waals surface area (Å²) >= 11 is 0. The molecular formula is C11H16N2O4. The van der Waals surface area contributed by atoms with E-state index in [0.717, 1.165) is 13.0 Å².